The molecule has 0 bridgehead atoms. The molecule has 13 heteroatoms. The Morgan fingerprint density at radius 1 is 1.26 bits per heavy atom. The number of fused-ring (bicyclic) bond motifs is 1. The number of nitrogens with zero attached hydrogens (tertiary/aromatic N) is 5. The minimum atomic E-state index is -0.668. The van der Waals surface area contributed by atoms with Crippen molar-refractivity contribution in [2.45, 2.75) is 73.8 Å². The van der Waals surface area contributed by atoms with Crippen LogP contribution in [0.3, 0.4) is 0 Å². The molecule has 1 aromatic carbocycles. The van der Waals surface area contributed by atoms with Crippen LogP contribution in [0.1, 0.15) is 44.7 Å². The number of azide groups is 1. The number of pyridine rings is 1. The third-order valence-electron chi connectivity index (χ3n) is 7.07. The van der Waals surface area contributed by atoms with E-state index in [1.165, 1.54) is 11.8 Å². The van der Waals surface area contributed by atoms with Crippen molar-refractivity contribution in [2.24, 2.45) is 5.11 Å². The van der Waals surface area contributed by atoms with Crippen molar-refractivity contribution in [2.75, 3.05) is 26.8 Å². The van der Waals surface area contributed by atoms with E-state index in [0.29, 0.717) is 24.5 Å². The van der Waals surface area contributed by atoms with Crippen molar-refractivity contribution < 1.29 is 28.5 Å². The van der Waals surface area contributed by atoms with Crippen molar-refractivity contribution in [1.82, 2.24) is 9.88 Å². The summed E-state index contributed by atoms with van der Waals surface area (Å²) in [6.45, 7) is 6.69. The van der Waals surface area contributed by atoms with Gasteiger partial charge in [0.2, 0.25) is 0 Å². The van der Waals surface area contributed by atoms with Gasteiger partial charge in [-0.15, -0.1) is 0 Å². The van der Waals surface area contributed by atoms with Crippen LogP contribution < -0.4 is 0 Å². The number of rotatable bonds is 6. The Labute approximate surface area is 254 Å². The van der Waals surface area contributed by atoms with Gasteiger partial charge in [0.1, 0.15) is 29.3 Å². The number of halogens is 1. The lowest BCUT2D eigenvalue weighted by atomic mass is 9.96. The van der Waals surface area contributed by atoms with Crippen LogP contribution in [0.15, 0.2) is 58.7 Å². The van der Waals surface area contributed by atoms with Crippen molar-refractivity contribution >= 4 is 35.0 Å². The summed E-state index contributed by atoms with van der Waals surface area (Å²) in [5.74, 6) is 0. The summed E-state index contributed by atoms with van der Waals surface area (Å²) < 4.78 is 30.2. The number of benzene rings is 1. The summed E-state index contributed by atoms with van der Waals surface area (Å²) in [4.78, 5) is 22.8. The van der Waals surface area contributed by atoms with E-state index < -0.39 is 41.7 Å². The third kappa shape index (κ3) is 7.03. The molecule has 2 fully saturated rings. The Hall–Kier alpha value is -2.83. The second-order valence-electron chi connectivity index (χ2n) is 11.1. The van der Waals surface area contributed by atoms with Crippen LogP contribution in [-0.2, 0) is 23.7 Å². The molecule has 0 N–H and O–H groups in total. The maximum atomic E-state index is 12.6. The monoisotopic (exact) mass is 615 g/mol. The molecule has 1 amide bonds. The van der Waals surface area contributed by atoms with Crippen LogP contribution in [0.25, 0.3) is 16.0 Å². The molecule has 11 nitrogen and oxygen atoms in total. The van der Waals surface area contributed by atoms with E-state index in [0.717, 1.165) is 21.7 Å². The molecule has 2 saturated heterocycles. The number of thioether (sulfide) groups is 1. The lowest BCUT2D eigenvalue weighted by Gasteiger charge is -2.47. The Morgan fingerprint density at radius 2 is 2.05 bits per heavy atom. The maximum absolute atomic E-state index is 12.6. The van der Waals surface area contributed by atoms with E-state index >= 15 is 0 Å². The number of hydrogen-bond acceptors (Lipinski definition) is 9. The van der Waals surface area contributed by atoms with Crippen molar-refractivity contribution in [3.63, 3.8) is 0 Å². The summed E-state index contributed by atoms with van der Waals surface area (Å²) in [6.07, 6.45) is 1.52. The number of hydrogen-bond donors (Lipinski definition) is 0. The van der Waals surface area contributed by atoms with Crippen molar-refractivity contribution in [3.05, 3.63) is 75.4 Å². The average Bonchev–Trinajstić information content (AvgIpc) is 2.97. The Balaban J connectivity index is 1.36. The molecule has 42 heavy (non-hydrogen) atoms. The minimum Gasteiger partial charge on any atom is -0.444 e. The van der Waals surface area contributed by atoms with E-state index in [-0.39, 0.29) is 12.7 Å². The SMILES string of the molecule is COC1[C@@H](Sc2cc(Cl)cnc2C2=CCN(C(=O)OC(C)(C)C)CC2)OC2COC(c3ccccc3)O[C@@H]2[C@@H]1N=[N+]=[N-]. The molecule has 0 radical (unpaired) electrons. The molecule has 4 heterocycles. The fourth-order valence-electron chi connectivity index (χ4n) is 5.14. The molecule has 6 atom stereocenters. The number of carbonyl (C=O) groups excluding carboxylic acids is 1. The predicted octanol–water partition coefficient (Wildman–Crippen LogP) is 6.38. The van der Waals surface area contributed by atoms with E-state index in [4.69, 9.17) is 35.3 Å². The molecule has 1 aromatic heterocycles. The normalized spacial score (nSPS) is 27.8. The van der Waals surface area contributed by atoms with Crippen LogP contribution in [0.4, 0.5) is 4.79 Å². The van der Waals surface area contributed by atoms with E-state index in [1.54, 1.807) is 18.2 Å². The first-order valence-corrected chi connectivity index (χ1v) is 15.0. The van der Waals surface area contributed by atoms with E-state index in [9.17, 15) is 10.3 Å². The van der Waals surface area contributed by atoms with Gasteiger partial charge in [-0.2, -0.15) is 0 Å². The third-order valence-corrected chi connectivity index (χ3v) is 8.45. The molecule has 5 rings (SSSR count). The lowest BCUT2D eigenvalue weighted by Crippen LogP contribution is -2.60. The van der Waals surface area contributed by atoms with Crippen molar-refractivity contribution in [3.8, 4) is 0 Å². The van der Waals surface area contributed by atoms with Crippen LogP contribution in [0.2, 0.25) is 5.02 Å². The first-order valence-electron chi connectivity index (χ1n) is 13.7. The standard InChI is InChI=1S/C29H34ClN5O6S/c1-29(2,3)41-28(36)35-12-10-17(11-13-35)22-21(14-19(30)15-32-22)42-27-25(37-4)23(33-34-31)24-20(39-27)16-38-26(40-24)18-8-6-5-7-9-18/h5-10,14-15,20,23-27H,11-13,16H2,1-4H3/t20?,23-,24-,25?,26?,27+/m0/s1. The van der Waals surface area contributed by atoms with Crippen LogP contribution >= 0.6 is 23.4 Å². The quantitative estimate of drug-likeness (QED) is 0.208. The highest BCUT2D eigenvalue weighted by Crippen LogP contribution is 2.43. The highest BCUT2D eigenvalue weighted by atomic mass is 35.5. The number of ether oxygens (including phenoxy) is 5. The molecule has 0 saturated carbocycles. The van der Waals surface area contributed by atoms with Gasteiger partial charge in [-0.1, -0.05) is 64.9 Å². The molecular formula is C29H34ClN5O6S. The largest absolute Gasteiger partial charge is 0.444 e. The van der Waals surface area contributed by atoms with Crippen LogP contribution in [0.5, 0.6) is 0 Å². The summed E-state index contributed by atoms with van der Waals surface area (Å²) in [7, 11) is 1.56. The molecular weight excluding hydrogens is 582 g/mol. The fourth-order valence-corrected chi connectivity index (χ4v) is 6.70. The summed E-state index contributed by atoms with van der Waals surface area (Å²) >= 11 is 7.78. The van der Waals surface area contributed by atoms with Crippen molar-refractivity contribution in [1.29, 1.82) is 0 Å². The number of amides is 1. The van der Waals surface area contributed by atoms with Gasteiger partial charge < -0.3 is 28.6 Å². The summed E-state index contributed by atoms with van der Waals surface area (Å²) in [6, 6.07) is 10.7. The first kappa shape index (κ1) is 30.6. The van der Waals surface area contributed by atoms with Gasteiger partial charge in [0, 0.05) is 41.8 Å². The second kappa shape index (κ2) is 13.2. The predicted molar refractivity (Wildman–Crippen MR) is 158 cm³/mol. The average molecular weight is 616 g/mol. The topological polar surface area (TPSA) is 128 Å². The molecule has 0 spiro atoms. The highest BCUT2D eigenvalue weighted by Gasteiger charge is 2.50. The molecule has 3 unspecified atom stereocenters. The summed E-state index contributed by atoms with van der Waals surface area (Å²) in [5, 5.41) is 4.57. The Kier molecular flexibility index (Phi) is 9.64. The van der Waals surface area contributed by atoms with Crippen LogP contribution in [-0.4, -0.2) is 78.2 Å². The highest BCUT2D eigenvalue weighted by molar-refractivity contribution is 7.99. The molecule has 3 aliphatic heterocycles. The Bertz CT molecular complexity index is 1350. The van der Waals surface area contributed by atoms with Gasteiger partial charge >= 0.3 is 6.09 Å². The van der Waals surface area contributed by atoms with Gasteiger partial charge in [0.15, 0.2) is 6.29 Å². The molecule has 224 valence electrons. The number of carbonyl (C=O) groups is 1. The number of methoxy groups -OCH3 is 1. The van der Waals surface area contributed by atoms with Gasteiger partial charge in [-0.05, 0) is 44.4 Å². The smallest absolute Gasteiger partial charge is 0.410 e. The molecule has 0 aliphatic carbocycles. The van der Waals surface area contributed by atoms with Gasteiger partial charge in [-0.25, -0.2) is 4.79 Å². The summed E-state index contributed by atoms with van der Waals surface area (Å²) in [5.41, 5.74) is 10.9. The lowest BCUT2D eigenvalue weighted by molar-refractivity contribution is -0.298. The van der Waals surface area contributed by atoms with E-state index in [2.05, 4.69) is 15.0 Å². The zero-order valence-corrected chi connectivity index (χ0v) is 25.5. The van der Waals surface area contributed by atoms with Gasteiger partial charge in [0.25, 0.3) is 0 Å². The van der Waals surface area contributed by atoms with Gasteiger partial charge in [0.05, 0.1) is 23.4 Å². The fraction of sp³-hybridized carbons (Fsp3) is 0.517. The zero-order valence-electron chi connectivity index (χ0n) is 23.9. The van der Waals surface area contributed by atoms with Crippen LogP contribution in [0, 0.1) is 0 Å². The molecule has 3 aliphatic rings. The maximum Gasteiger partial charge on any atom is 0.410 e. The zero-order chi connectivity index (χ0) is 29.9. The minimum absolute atomic E-state index is 0.251. The second-order valence-corrected chi connectivity index (χ2v) is 12.7. The molecule has 2 aromatic rings. The Morgan fingerprint density at radius 3 is 2.71 bits per heavy atom. The number of aromatic nitrogens is 1. The van der Waals surface area contributed by atoms with E-state index in [1.807, 2.05) is 63.2 Å². The first-order chi connectivity index (χ1) is 20.2. The van der Waals surface area contributed by atoms with Gasteiger partial charge in [-0.3, -0.25) is 4.98 Å².